The summed E-state index contributed by atoms with van der Waals surface area (Å²) in [5, 5.41) is 14.0. The summed E-state index contributed by atoms with van der Waals surface area (Å²) in [6, 6.07) is 11.9. The normalized spacial score (nSPS) is 23.5. The molecule has 0 aliphatic heterocycles. The van der Waals surface area contributed by atoms with Crippen molar-refractivity contribution in [3.63, 3.8) is 0 Å². The zero-order valence-electron chi connectivity index (χ0n) is 26.6. The first-order valence-electron chi connectivity index (χ1n) is 16.7. The zero-order valence-corrected chi connectivity index (χ0v) is 27.4. The van der Waals surface area contributed by atoms with Crippen LogP contribution in [0.3, 0.4) is 0 Å². The summed E-state index contributed by atoms with van der Waals surface area (Å²) in [7, 11) is 0. The van der Waals surface area contributed by atoms with E-state index < -0.39 is 5.97 Å². The number of hydrogen-bond donors (Lipinski definition) is 1. The van der Waals surface area contributed by atoms with E-state index >= 15 is 0 Å². The van der Waals surface area contributed by atoms with Crippen LogP contribution in [-0.4, -0.2) is 41.9 Å². The third-order valence-corrected chi connectivity index (χ3v) is 11.7. The van der Waals surface area contributed by atoms with Crippen molar-refractivity contribution in [3.8, 4) is 22.5 Å². The summed E-state index contributed by atoms with van der Waals surface area (Å²) in [4.78, 5) is 22.7. The number of benzene rings is 1. The lowest BCUT2D eigenvalue weighted by Gasteiger charge is -2.48. The zero-order chi connectivity index (χ0) is 31.7. The van der Waals surface area contributed by atoms with Crippen molar-refractivity contribution >= 4 is 44.2 Å². The Morgan fingerprint density at radius 2 is 1.89 bits per heavy atom. The van der Waals surface area contributed by atoms with Crippen LogP contribution in [0.2, 0.25) is 0 Å². The molecule has 1 aromatic carbocycles. The molecule has 5 aromatic heterocycles. The van der Waals surface area contributed by atoms with Crippen LogP contribution in [0.5, 0.6) is 0 Å². The van der Waals surface area contributed by atoms with Gasteiger partial charge in [0.2, 0.25) is 5.71 Å². The average molecular weight is 648 g/mol. The molecule has 4 bridgehead atoms. The molecule has 10 nitrogen and oxygen atoms in total. The van der Waals surface area contributed by atoms with Gasteiger partial charge in [-0.1, -0.05) is 36.3 Å². The molecule has 6 aromatic rings. The van der Waals surface area contributed by atoms with Gasteiger partial charge in [0.1, 0.15) is 23.5 Å². The highest BCUT2D eigenvalue weighted by molar-refractivity contribution is 7.22. The molecule has 2 atom stereocenters. The summed E-state index contributed by atoms with van der Waals surface area (Å²) in [6.45, 7) is 5.07. The summed E-state index contributed by atoms with van der Waals surface area (Å²) in [5.41, 5.74) is 5.78. The van der Waals surface area contributed by atoms with Gasteiger partial charge in [-0.2, -0.15) is 14.7 Å². The number of para-hydroxylation sites is 1. The summed E-state index contributed by atoms with van der Waals surface area (Å²) in [6.07, 6.45) is 14.8. The first kappa shape index (κ1) is 28.7. The van der Waals surface area contributed by atoms with Gasteiger partial charge in [-0.25, -0.2) is 14.8 Å². The average Bonchev–Trinajstić information content (AvgIpc) is 3.80. The minimum Gasteiger partial charge on any atom is -0.462 e. The Kier molecular flexibility index (Phi) is 6.74. The molecule has 5 heterocycles. The number of fused-ring (bicyclic) bond motifs is 3. The highest BCUT2D eigenvalue weighted by atomic mass is 32.1. The topological polar surface area (TPSA) is 112 Å². The van der Waals surface area contributed by atoms with Crippen LogP contribution in [-0.2, 0) is 11.3 Å². The first-order chi connectivity index (χ1) is 22.9. The van der Waals surface area contributed by atoms with Crippen LogP contribution in [0.1, 0.15) is 67.9 Å². The highest BCUT2D eigenvalue weighted by Gasteiger charge is 2.49. The van der Waals surface area contributed by atoms with Crippen molar-refractivity contribution in [2.24, 2.45) is 23.2 Å². The molecule has 4 fully saturated rings. The van der Waals surface area contributed by atoms with Gasteiger partial charge in [0.05, 0.1) is 23.0 Å². The summed E-state index contributed by atoms with van der Waals surface area (Å²) < 4.78 is 16.5. The number of aromatic nitrogens is 6. The van der Waals surface area contributed by atoms with Crippen molar-refractivity contribution in [2.75, 3.05) is 11.9 Å². The van der Waals surface area contributed by atoms with Crippen LogP contribution >= 0.6 is 11.3 Å². The Balaban J connectivity index is 1.04. The van der Waals surface area contributed by atoms with Crippen molar-refractivity contribution in [2.45, 2.75) is 65.3 Å². The second-order valence-corrected chi connectivity index (χ2v) is 14.9. The number of oxazole rings is 1. The van der Waals surface area contributed by atoms with E-state index in [-0.39, 0.29) is 6.61 Å². The molecule has 0 amide bonds. The molecule has 240 valence electrons. The Labute approximate surface area is 276 Å². The van der Waals surface area contributed by atoms with E-state index in [0.29, 0.717) is 33.9 Å². The summed E-state index contributed by atoms with van der Waals surface area (Å²) >= 11 is 1.58. The quantitative estimate of drug-likeness (QED) is 0.164. The number of nitrogens with zero attached hydrogens (tertiary/aromatic N) is 6. The van der Waals surface area contributed by atoms with Gasteiger partial charge >= 0.3 is 5.97 Å². The lowest BCUT2D eigenvalue weighted by molar-refractivity contribution is 0.0169. The largest absolute Gasteiger partial charge is 0.462 e. The fourth-order valence-electron chi connectivity index (χ4n) is 8.98. The van der Waals surface area contributed by atoms with Gasteiger partial charge < -0.3 is 14.5 Å². The molecule has 4 aliphatic rings. The Hall–Kier alpha value is -4.51. The Morgan fingerprint density at radius 1 is 1.09 bits per heavy atom. The molecule has 4 aliphatic carbocycles. The van der Waals surface area contributed by atoms with Crippen molar-refractivity contribution < 1.29 is 13.9 Å². The van der Waals surface area contributed by atoms with Crippen LogP contribution in [0.25, 0.3) is 38.4 Å². The van der Waals surface area contributed by atoms with Crippen molar-refractivity contribution in [3.05, 3.63) is 66.3 Å². The number of anilines is 2. The molecule has 11 heteroatoms. The van der Waals surface area contributed by atoms with Crippen molar-refractivity contribution in [1.82, 2.24) is 29.4 Å². The van der Waals surface area contributed by atoms with Gasteiger partial charge in [0, 0.05) is 29.6 Å². The van der Waals surface area contributed by atoms with E-state index in [1.165, 1.54) is 44.9 Å². The number of esters is 1. The number of nitrogens with one attached hydrogen (secondary N) is 1. The molecule has 0 saturated heterocycles. The van der Waals surface area contributed by atoms with Crippen LogP contribution in [0, 0.1) is 30.1 Å². The highest BCUT2D eigenvalue weighted by Crippen LogP contribution is 2.58. The molecule has 0 spiro atoms. The van der Waals surface area contributed by atoms with E-state index in [1.54, 1.807) is 35.2 Å². The van der Waals surface area contributed by atoms with Gasteiger partial charge in [0.15, 0.2) is 10.7 Å². The smallest absolute Gasteiger partial charge is 0.346 e. The lowest BCUT2D eigenvalue weighted by Crippen LogP contribution is -2.40. The molecule has 0 radical (unpaired) electrons. The van der Waals surface area contributed by atoms with Gasteiger partial charge in [-0.05, 0) is 93.4 Å². The second kappa shape index (κ2) is 11.0. The number of hydrogen-bond acceptors (Lipinski definition) is 9. The van der Waals surface area contributed by atoms with E-state index in [4.69, 9.17) is 19.4 Å². The minimum absolute atomic E-state index is 0.250. The number of carbonyl (C=O) groups excluding carboxylic acids is 1. The van der Waals surface area contributed by atoms with Crippen LogP contribution in [0.4, 0.5) is 10.9 Å². The number of thiazole rings is 1. The maximum Gasteiger partial charge on any atom is 0.346 e. The molecular weight excluding hydrogens is 611 g/mol. The van der Waals surface area contributed by atoms with Crippen molar-refractivity contribution in [1.29, 1.82) is 0 Å². The van der Waals surface area contributed by atoms with Gasteiger partial charge in [0.25, 0.3) is 0 Å². The predicted molar refractivity (Wildman–Crippen MR) is 181 cm³/mol. The fourth-order valence-corrected chi connectivity index (χ4v) is 9.85. The summed E-state index contributed by atoms with van der Waals surface area (Å²) in [5.74, 6) is 2.80. The number of pyridine rings is 1. The number of rotatable bonds is 8. The molecule has 1 N–H and O–H groups in total. The van der Waals surface area contributed by atoms with Gasteiger partial charge in [-0.3, -0.25) is 4.68 Å². The molecule has 10 rings (SSSR count). The molecular formula is C36H37N7O3S. The third-order valence-electron chi connectivity index (χ3n) is 10.7. The molecule has 2 unspecified atom stereocenters. The first-order valence-corrected chi connectivity index (χ1v) is 17.6. The maximum atomic E-state index is 13.4. The van der Waals surface area contributed by atoms with Gasteiger partial charge in [-0.15, -0.1) is 0 Å². The standard InChI is InChI=1S/C36H37N7O3S/c1-3-45-34(44)31-32(26-18-38-42(21(26)2)20-36-14-22-8-9-23(15-36)13-24(12-22)16-36)41-43-28(19-46-33(31)43)25-10-11-30(37-17-25)40-35-39-27-6-4-5-7-29(27)47-35/h4-7,10-11,17-19,22-24H,3,8-9,12-16,20H2,1-2H3,(H,37,39,40). The minimum atomic E-state index is -0.461. The molecule has 4 saturated carbocycles. The van der Waals surface area contributed by atoms with E-state index in [9.17, 15) is 4.79 Å². The maximum absolute atomic E-state index is 13.4. The van der Waals surface area contributed by atoms with Crippen LogP contribution in [0.15, 0.2) is 59.5 Å². The Bertz CT molecular complexity index is 2070. The van der Waals surface area contributed by atoms with Crippen LogP contribution < -0.4 is 5.32 Å². The third kappa shape index (κ3) is 4.94. The predicted octanol–water partition coefficient (Wildman–Crippen LogP) is 8.30. The number of ether oxygens (including phenoxy) is 1. The lowest BCUT2D eigenvalue weighted by atomic mass is 9.58. The van der Waals surface area contributed by atoms with E-state index in [1.807, 2.05) is 36.5 Å². The number of carbonyl (C=O) groups is 1. The second-order valence-electron chi connectivity index (χ2n) is 13.9. The Morgan fingerprint density at radius 3 is 2.66 bits per heavy atom. The van der Waals surface area contributed by atoms with E-state index in [2.05, 4.69) is 33.0 Å². The SMILES string of the molecule is CCOC(=O)c1c(-c2cnn(CC34CC5CCC(CC(C5)C3)C4)c2C)nn2c(-c3ccc(Nc4nc5ccccc5s4)nc3)coc12. The monoisotopic (exact) mass is 647 g/mol. The molecule has 47 heavy (non-hydrogen) atoms. The van der Waals surface area contributed by atoms with E-state index in [0.717, 1.165) is 56.5 Å². The fraction of sp³-hybridized carbons (Fsp3) is 0.417.